The predicted molar refractivity (Wildman–Crippen MR) is 95.2 cm³/mol. The Kier molecular flexibility index (Phi) is 3.33. The lowest BCUT2D eigenvalue weighted by Gasteiger charge is -2.51. The predicted octanol–water partition coefficient (Wildman–Crippen LogP) is 2.85. The van der Waals surface area contributed by atoms with Crippen molar-refractivity contribution in [2.24, 2.45) is 5.92 Å². The van der Waals surface area contributed by atoms with Gasteiger partial charge >= 0.3 is 0 Å². The normalized spacial score (nSPS) is 34.4. The summed E-state index contributed by atoms with van der Waals surface area (Å²) in [7, 11) is 0. The van der Waals surface area contributed by atoms with Gasteiger partial charge in [0.05, 0.1) is 5.69 Å². The molecule has 124 valence electrons. The molecule has 4 fully saturated rings. The number of fused-ring (bicyclic) bond motifs is 2. The van der Waals surface area contributed by atoms with E-state index in [9.17, 15) is 0 Å². The van der Waals surface area contributed by atoms with Crippen molar-refractivity contribution < 1.29 is 0 Å². The smallest absolute Gasteiger partial charge is 0.151 e. The van der Waals surface area contributed by atoms with Gasteiger partial charge in [0.2, 0.25) is 0 Å². The van der Waals surface area contributed by atoms with Gasteiger partial charge in [0.25, 0.3) is 0 Å². The van der Waals surface area contributed by atoms with E-state index in [0.717, 1.165) is 24.0 Å². The van der Waals surface area contributed by atoms with E-state index in [1.54, 1.807) is 0 Å². The molecule has 2 bridgehead atoms. The zero-order valence-electron chi connectivity index (χ0n) is 14.2. The van der Waals surface area contributed by atoms with Gasteiger partial charge in [0.1, 0.15) is 0 Å². The number of aryl methyl sites for hydroxylation is 1. The quantitative estimate of drug-likeness (QED) is 0.852. The monoisotopic (exact) mass is 320 g/mol. The van der Waals surface area contributed by atoms with Gasteiger partial charge in [-0.3, -0.25) is 4.90 Å². The molecule has 0 aliphatic carbocycles. The number of benzene rings is 1. The third-order valence-corrected chi connectivity index (χ3v) is 6.30. The Hall–Kier alpha value is -1.94. The minimum atomic E-state index is 0.572. The Bertz CT molecular complexity index is 706. The largest absolute Gasteiger partial charge is 0.350 e. The number of nitrogens with zero attached hydrogens (tertiary/aromatic N) is 4. The van der Waals surface area contributed by atoms with Gasteiger partial charge in [0.15, 0.2) is 5.82 Å². The molecule has 3 atom stereocenters. The van der Waals surface area contributed by atoms with Crippen LogP contribution in [0, 0.1) is 12.8 Å². The lowest BCUT2D eigenvalue weighted by Crippen LogP contribution is -2.60. The summed E-state index contributed by atoms with van der Waals surface area (Å²) >= 11 is 0. The van der Waals surface area contributed by atoms with Crippen molar-refractivity contribution in [3.63, 3.8) is 0 Å². The zero-order valence-corrected chi connectivity index (χ0v) is 14.2. The van der Waals surface area contributed by atoms with Gasteiger partial charge in [-0.2, -0.15) is 5.10 Å². The van der Waals surface area contributed by atoms with Gasteiger partial charge in [-0.1, -0.05) is 30.3 Å². The van der Waals surface area contributed by atoms with E-state index in [4.69, 9.17) is 0 Å². The number of rotatable bonds is 2. The van der Waals surface area contributed by atoms with Crippen LogP contribution in [0.4, 0.5) is 5.82 Å². The van der Waals surface area contributed by atoms with Crippen molar-refractivity contribution in [1.82, 2.24) is 15.1 Å². The Morgan fingerprint density at radius 3 is 2.42 bits per heavy atom. The average molecular weight is 320 g/mol. The summed E-state index contributed by atoms with van der Waals surface area (Å²) in [6, 6.07) is 16.5. The maximum atomic E-state index is 4.52. The Labute approximate surface area is 143 Å². The summed E-state index contributed by atoms with van der Waals surface area (Å²) in [4.78, 5) is 5.30. The molecular formula is C20H24N4. The summed E-state index contributed by atoms with van der Waals surface area (Å²) < 4.78 is 0. The third kappa shape index (κ3) is 2.16. The highest BCUT2D eigenvalue weighted by Crippen LogP contribution is 2.47. The van der Waals surface area contributed by atoms with Crippen LogP contribution in [-0.2, 0) is 0 Å². The van der Waals surface area contributed by atoms with E-state index in [1.807, 2.05) is 6.92 Å². The SMILES string of the molecule is Cc1ccc(N2C[C@@H](c3ccccc3)[C@@H]3[C@H]2C2CCN3CC2)nn1. The lowest BCUT2D eigenvalue weighted by atomic mass is 9.75. The molecule has 1 aromatic carbocycles. The molecule has 5 heterocycles. The molecular weight excluding hydrogens is 296 g/mol. The average Bonchev–Trinajstić information content (AvgIpc) is 3.07. The molecule has 4 nitrogen and oxygen atoms in total. The van der Waals surface area contributed by atoms with Crippen LogP contribution in [0.25, 0.3) is 0 Å². The first-order valence-electron chi connectivity index (χ1n) is 9.17. The van der Waals surface area contributed by atoms with E-state index >= 15 is 0 Å². The van der Waals surface area contributed by atoms with Crippen LogP contribution in [0.3, 0.4) is 0 Å². The maximum absolute atomic E-state index is 4.52. The van der Waals surface area contributed by atoms with Gasteiger partial charge in [0, 0.05) is 24.5 Å². The van der Waals surface area contributed by atoms with Crippen LogP contribution in [0.1, 0.15) is 30.0 Å². The number of aromatic nitrogens is 2. The van der Waals surface area contributed by atoms with Gasteiger partial charge in [-0.25, -0.2) is 0 Å². The van der Waals surface area contributed by atoms with Crippen molar-refractivity contribution in [1.29, 1.82) is 0 Å². The zero-order chi connectivity index (χ0) is 16.1. The summed E-state index contributed by atoms with van der Waals surface area (Å²) in [5.41, 5.74) is 2.46. The first-order valence-corrected chi connectivity index (χ1v) is 9.17. The molecule has 24 heavy (non-hydrogen) atoms. The summed E-state index contributed by atoms with van der Waals surface area (Å²) in [6.45, 7) is 5.60. The lowest BCUT2D eigenvalue weighted by molar-refractivity contribution is 0.0354. The number of anilines is 1. The minimum absolute atomic E-state index is 0.572. The topological polar surface area (TPSA) is 32.3 Å². The standard InChI is InChI=1S/C20H24N4/c1-14-7-8-18(22-21-14)24-13-17(15-5-3-2-4-6-15)20-19(24)16-9-11-23(20)12-10-16/h2-8,16-17,19-20H,9-13H2,1H3/t17-,19+,20+/m0/s1. The fraction of sp³-hybridized carbons (Fsp3) is 0.500. The van der Waals surface area contributed by atoms with Crippen LogP contribution >= 0.6 is 0 Å². The van der Waals surface area contributed by atoms with E-state index < -0.39 is 0 Å². The van der Waals surface area contributed by atoms with Crippen molar-refractivity contribution in [2.45, 2.75) is 37.8 Å². The molecule has 4 saturated heterocycles. The Morgan fingerprint density at radius 1 is 0.917 bits per heavy atom. The molecule has 0 N–H and O–H groups in total. The van der Waals surface area contributed by atoms with Crippen molar-refractivity contribution in [2.75, 3.05) is 24.5 Å². The number of hydrogen-bond acceptors (Lipinski definition) is 4. The van der Waals surface area contributed by atoms with E-state index in [0.29, 0.717) is 18.0 Å². The molecule has 0 saturated carbocycles. The van der Waals surface area contributed by atoms with E-state index in [1.165, 1.54) is 31.5 Å². The van der Waals surface area contributed by atoms with Crippen LogP contribution < -0.4 is 4.90 Å². The van der Waals surface area contributed by atoms with Crippen LogP contribution in [-0.4, -0.2) is 46.8 Å². The minimum Gasteiger partial charge on any atom is -0.350 e. The summed E-state index contributed by atoms with van der Waals surface area (Å²) in [5.74, 6) is 2.43. The summed E-state index contributed by atoms with van der Waals surface area (Å²) in [5, 5.41) is 8.84. The van der Waals surface area contributed by atoms with Crippen molar-refractivity contribution in [3.05, 3.63) is 53.7 Å². The molecule has 4 aliphatic heterocycles. The second kappa shape index (κ2) is 5.55. The molecule has 6 rings (SSSR count). The Morgan fingerprint density at radius 2 is 1.71 bits per heavy atom. The number of hydrogen-bond donors (Lipinski definition) is 0. The second-order valence-electron chi connectivity index (χ2n) is 7.56. The number of piperidine rings is 3. The molecule has 0 amide bonds. The molecule has 0 spiro atoms. The second-order valence-corrected chi connectivity index (χ2v) is 7.56. The highest BCUT2D eigenvalue weighted by molar-refractivity contribution is 5.46. The van der Waals surface area contributed by atoms with Crippen molar-refractivity contribution >= 4 is 5.82 Å². The van der Waals surface area contributed by atoms with Crippen LogP contribution in [0.15, 0.2) is 42.5 Å². The van der Waals surface area contributed by atoms with Gasteiger partial charge in [-0.05, 0) is 56.5 Å². The fourth-order valence-corrected chi connectivity index (χ4v) is 5.22. The highest BCUT2D eigenvalue weighted by Gasteiger charge is 2.53. The molecule has 4 heteroatoms. The van der Waals surface area contributed by atoms with E-state index in [-0.39, 0.29) is 0 Å². The molecule has 0 radical (unpaired) electrons. The first kappa shape index (κ1) is 14.4. The molecule has 0 unspecified atom stereocenters. The fourth-order valence-electron chi connectivity index (χ4n) is 5.22. The molecule has 1 aromatic heterocycles. The molecule has 2 aromatic rings. The highest BCUT2D eigenvalue weighted by atomic mass is 15.4. The Balaban J connectivity index is 1.56. The maximum Gasteiger partial charge on any atom is 0.151 e. The van der Waals surface area contributed by atoms with Crippen LogP contribution in [0.5, 0.6) is 0 Å². The van der Waals surface area contributed by atoms with Gasteiger partial charge < -0.3 is 4.90 Å². The summed E-state index contributed by atoms with van der Waals surface area (Å²) in [6.07, 6.45) is 2.66. The van der Waals surface area contributed by atoms with Crippen molar-refractivity contribution in [3.8, 4) is 0 Å². The molecule has 4 aliphatic rings. The van der Waals surface area contributed by atoms with Gasteiger partial charge in [-0.15, -0.1) is 5.10 Å². The third-order valence-electron chi connectivity index (χ3n) is 6.30. The van der Waals surface area contributed by atoms with E-state index in [2.05, 4.69) is 62.5 Å². The van der Waals surface area contributed by atoms with Crippen LogP contribution in [0.2, 0.25) is 0 Å². The first-order chi connectivity index (χ1) is 11.8.